The molecule has 222 valence electrons. The van der Waals surface area contributed by atoms with Crippen LogP contribution in [0.5, 0.6) is 5.75 Å². The first kappa shape index (κ1) is 31.9. The molecule has 0 saturated carbocycles. The standard InChI is InChI=1S/C25H25ClF7NO5S/c1-23(2,3)39-20(35)12-38-22-16-6-5-7-19(17(16)11-18(26)21(22)27)34(4)40(36,37)15-9-13(24(28,29)30)8-14(10-15)25(31,32)33/h8-11,19H,5-7,12H2,1-4H3. The van der Waals surface area contributed by atoms with Crippen LogP contribution in [0.2, 0.25) is 5.02 Å². The minimum atomic E-state index is -5.26. The van der Waals surface area contributed by atoms with Gasteiger partial charge in [0.1, 0.15) is 5.60 Å². The summed E-state index contributed by atoms with van der Waals surface area (Å²) < 4.78 is 133. The summed E-state index contributed by atoms with van der Waals surface area (Å²) >= 11 is 6.03. The molecule has 0 bridgehead atoms. The van der Waals surface area contributed by atoms with Crippen molar-refractivity contribution in [3.8, 4) is 5.75 Å². The van der Waals surface area contributed by atoms with Crippen molar-refractivity contribution in [3.63, 3.8) is 0 Å². The van der Waals surface area contributed by atoms with Crippen LogP contribution in [-0.4, -0.2) is 37.9 Å². The van der Waals surface area contributed by atoms with Gasteiger partial charge in [-0.25, -0.2) is 17.6 Å². The van der Waals surface area contributed by atoms with Gasteiger partial charge in [0.2, 0.25) is 10.0 Å². The van der Waals surface area contributed by atoms with Gasteiger partial charge in [0, 0.05) is 12.6 Å². The van der Waals surface area contributed by atoms with E-state index in [0.29, 0.717) is 4.31 Å². The van der Waals surface area contributed by atoms with Gasteiger partial charge in [-0.2, -0.15) is 30.6 Å². The molecule has 1 unspecified atom stereocenters. The molecule has 6 nitrogen and oxygen atoms in total. The van der Waals surface area contributed by atoms with Crippen molar-refractivity contribution in [3.05, 3.63) is 57.4 Å². The number of ether oxygens (including phenoxy) is 2. The molecule has 2 aromatic rings. The Morgan fingerprint density at radius 2 is 1.57 bits per heavy atom. The molecule has 15 heteroatoms. The number of hydrogen-bond donors (Lipinski definition) is 0. The van der Waals surface area contributed by atoms with Gasteiger partial charge in [0.05, 0.1) is 27.1 Å². The lowest BCUT2D eigenvalue weighted by molar-refractivity contribution is -0.157. The van der Waals surface area contributed by atoms with Crippen molar-refractivity contribution in [2.24, 2.45) is 0 Å². The first-order valence-electron chi connectivity index (χ1n) is 11.8. The van der Waals surface area contributed by atoms with Crippen LogP contribution in [0.15, 0.2) is 29.2 Å². The van der Waals surface area contributed by atoms with Crippen LogP contribution in [0, 0.1) is 5.82 Å². The second-order valence-electron chi connectivity index (χ2n) is 10.1. The maximum absolute atomic E-state index is 15.0. The Balaban J connectivity index is 2.05. The van der Waals surface area contributed by atoms with Gasteiger partial charge in [-0.15, -0.1) is 0 Å². The number of rotatable bonds is 6. The fourth-order valence-corrected chi connectivity index (χ4v) is 5.92. The van der Waals surface area contributed by atoms with E-state index in [-0.39, 0.29) is 48.6 Å². The van der Waals surface area contributed by atoms with Gasteiger partial charge in [-0.05, 0) is 69.9 Å². The number of carbonyl (C=O) groups excluding carboxylic acids is 1. The summed E-state index contributed by atoms with van der Waals surface area (Å²) in [5, 5.41) is -0.492. The molecule has 40 heavy (non-hydrogen) atoms. The van der Waals surface area contributed by atoms with Gasteiger partial charge >= 0.3 is 18.3 Å². The summed E-state index contributed by atoms with van der Waals surface area (Å²) in [6, 6.07) is 0.0384. The van der Waals surface area contributed by atoms with E-state index in [1.165, 1.54) is 0 Å². The molecule has 0 fully saturated rings. The number of carbonyl (C=O) groups is 1. The zero-order valence-electron chi connectivity index (χ0n) is 21.6. The third-order valence-corrected chi connectivity index (χ3v) is 8.13. The zero-order chi connectivity index (χ0) is 30.4. The number of halogens is 8. The quantitative estimate of drug-likeness (QED) is 0.259. The van der Waals surface area contributed by atoms with Crippen molar-refractivity contribution in [2.75, 3.05) is 13.7 Å². The molecular weight excluding hydrogens is 595 g/mol. The lowest BCUT2D eigenvalue weighted by atomic mass is 9.87. The van der Waals surface area contributed by atoms with Crippen LogP contribution in [-0.2, 0) is 38.3 Å². The van der Waals surface area contributed by atoms with E-state index in [0.717, 1.165) is 13.1 Å². The molecule has 1 aliphatic carbocycles. The Labute approximate surface area is 231 Å². The highest BCUT2D eigenvalue weighted by Crippen LogP contribution is 2.44. The maximum Gasteiger partial charge on any atom is 0.416 e. The van der Waals surface area contributed by atoms with Crippen LogP contribution in [0.4, 0.5) is 30.7 Å². The molecule has 2 aromatic carbocycles. The predicted octanol–water partition coefficient (Wildman–Crippen LogP) is 6.94. The van der Waals surface area contributed by atoms with Crippen LogP contribution in [0.25, 0.3) is 0 Å². The van der Waals surface area contributed by atoms with Gasteiger partial charge in [0.15, 0.2) is 18.2 Å². The van der Waals surface area contributed by atoms with Crippen LogP contribution < -0.4 is 4.74 Å². The summed E-state index contributed by atoms with van der Waals surface area (Å²) in [7, 11) is -3.96. The third kappa shape index (κ3) is 7.00. The number of nitrogens with zero attached hydrogens (tertiary/aromatic N) is 1. The first-order valence-corrected chi connectivity index (χ1v) is 13.6. The molecule has 0 aliphatic heterocycles. The molecular formula is C25H25ClF7NO5S. The molecule has 0 aromatic heterocycles. The summed E-state index contributed by atoms with van der Waals surface area (Å²) in [5.41, 5.74) is -4.15. The van der Waals surface area contributed by atoms with E-state index in [9.17, 15) is 43.9 Å². The molecule has 3 rings (SSSR count). The van der Waals surface area contributed by atoms with Crippen molar-refractivity contribution < 1.29 is 53.4 Å². The third-order valence-electron chi connectivity index (χ3n) is 6.01. The monoisotopic (exact) mass is 619 g/mol. The predicted molar refractivity (Wildman–Crippen MR) is 130 cm³/mol. The Morgan fingerprint density at radius 1 is 1.02 bits per heavy atom. The molecule has 0 radical (unpaired) electrons. The Hall–Kier alpha value is -2.58. The fraction of sp³-hybridized carbons (Fsp3) is 0.480. The molecule has 0 spiro atoms. The fourth-order valence-electron chi connectivity index (χ4n) is 4.28. The summed E-state index contributed by atoms with van der Waals surface area (Å²) in [4.78, 5) is 10.9. The van der Waals surface area contributed by atoms with E-state index in [1.54, 1.807) is 20.8 Å². The second kappa shape index (κ2) is 11.0. The number of fused-ring (bicyclic) bond motifs is 1. The number of sulfonamides is 1. The SMILES string of the molecule is CN(C1CCCc2c1cc(Cl)c(F)c2OCC(=O)OC(C)(C)C)S(=O)(=O)c1cc(C(F)(F)F)cc(C(F)(F)F)c1. The molecule has 0 N–H and O–H groups in total. The van der Waals surface area contributed by atoms with E-state index in [1.807, 2.05) is 0 Å². The topological polar surface area (TPSA) is 72.9 Å². The number of benzene rings is 2. The van der Waals surface area contributed by atoms with Crippen LogP contribution >= 0.6 is 11.6 Å². The van der Waals surface area contributed by atoms with Crippen molar-refractivity contribution in [1.82, 2.24) is 4.31 Å². The summed E-state index contributed by atoms with van der Waals surface area (Å²) in [6.45, 7) is 4.12. The van der Waals surface area contributed by atoms with E-state index in [2.05, 4.69) is 0 Å². The largest absolute Gasteiger partial charge is 0.478 e. The minimum absolute atomic E-state index is 0.0846. The normalized spacial score (nSPS) is 16.6. The summed E-state index contributed by atoms with van der Waals surface area (Å²) in [6.07, 6.45) is -10.0. The Kier molecular flexibility index (Phi) is 8.79. The van der Waals surface area contributed by atoms with E-state index < -0.39 is 79.2 Å². The minimum Gasteiger partial charge on any atom is -0.478 e. The van der Waals surface area contributed by atoms with Gasteiger partial charge in [-0.3, -0.25) is 0 Å². The Bertz CT molecular complexity index is 1370. The average Bonchev–Trinajstić information content (AvgIpc) is 2.81. The molecule has 1 aliphatic rings. The Morgan fingerprint density at radius 3 is 2.08 bits per heavy atom. The highest BCUT2D eigenvalue weighted by Gasteiger charge is 2.41. The van der Waals surface area contributed by atoms with Gasteiger partial charge < -0.3 is 9.47 Å². The lowest BCUT2D eigenvalue weighted by Gasteiger charge is -2.34. The van der Waals surface area contributed by atoms with E-state index >= 15 is 0 Å². The highest BCUT2D eigenvalue weighted by molar-refractivity contribution is 7.89. The molecule has 1 atom stereocenters. The van der Waals surface area contributed by atoms with Crippen LogP contribution in [0.3, 0.4) is 0 Å². The number of esters is 1. The molecule has 0 heterocycles. The number of hydrogen-bond acceptors (Lipinski definition) is 5. The lowest BCUT2D eigenvalue weighted by Crippen LogP contribution is -2.34. The second-order valence-corrected chi connectivity index (χ2v) is 12.5. The van der Waals surface area contributed by atoms with Gasteiger partial charge in [-0.1, -0.05) is 11.6 Å². The molecule has 0 amide bonds. The van der Waals surface area contributed by atoms with E-state index in [4.69, 9.17) is 21.1 Å². The van der Waals surface area contributed by atoms with Crippen molar-refractivity contribution in [1.29, 1.82) is 0 Å². The highest BCUT2D eigenvalue weighted by atomic mass is 35.5. The maximum atomic E-state index is 15.0. The van der Waals surface area contributed by atoms with Crippen molar-refractivity contribution >= 4 is 27.6 Å². The first-order chi connectivity index (χ1) is 18.1. The van der Waals surface area contributed by atoms with Crippen LogP contribution in [0.1, 0.15) is 61.9 Å². The van der Waals surface area contributed by atoms with Crippen molar-refractivity contribution in [2.45, 2.75) is 68.9 Å². The summed E-state index contributed by atoms with van der Waals surface area (Å²) in [5.74, 6) is -2.28. The average molecular weight is 620 g/mol. The zero-order valence-corrected chi connectivity index (χ0v) is 23.2. The number of alkyl halides is 6. The van der Waals surface area contributed by atoms with Gasteiger partial charge in [0.25, 0.3) is 0 Å². The smallest absolute Gasteiger partial charge is 0.416 e. The molecule has 0 saturated heterocycles.